The van der Waals surface area contributed by atoms with Gasteiger partial charge in [0.2, 0.25) is 0 Å². The molecule has 0 atom stereocenters. The Balaban J connectivity index is 1.83. The van der Waals surface area contributed by atoms with Gasteiger partial charge in [-0.15, -0.1) is 0 Å². The van der Waals surface area contributed by atoms with Crippen LogP contribution < -0.4 is 5.32 Å². The number of hydrogen-bond donors (Lipinski definition) is 1. The molecule has 1 aliphatic heterocycles. The number of nitrogens with one attached hydrogen (secondary N) is 1. The Morgan fingerprint density at radius 1 is 1.41 bits per heavy atom. The number of nitrogens with zero attached hydrogens (tertiary/aromatic N) is 2. The van der Waals surface area contributed by atoms with E-state index in [0.29, 0.717) is 0 Å². The van der Waals surface area contributed by atoms with Gasteiger partial charge < -0.3 is 9.72 Å². The summed E-state index contributed by atoms with van der Waals surface area (Å²) in [6, 6.07) is 4.07. The summed E-state index contributed by atoms with van der Waals surface area (Å²) in [7, 11) is 0. The Labute approximate surface area is 109 Å². The molecule has 2 aromatic heterocycles. The number of rotatable bonds is 2. The average Bonchev–Trinajstić information content (AvgIpc) is 2.74. The van der Waals surface area contributed by atoms with Gasteiger partial charge in [-0.1, -0.05) is 0 Å². The third-order valence-corrected chi connectivity index (χ3v) is 4.06. The van der Waals surface area contributed by atoms with Gasteiger partial charge in [-0.3, -0.25) is 0 Å². The normalized spacial score (nSPS) is 17.7. The van der Waals surface area contributed by atoms with Gasteiger partial charge in [0.1, 0.15) is 0 Å². The largest absolute Gasteiger partial charge is 0.317 e. The second-order valence-corrected chi connectivity index (χ2v) is 5.57. The van der Waals surface area contributed by atoms with Crippen molar-refractivity contribution in [2.45, 2.75) is 19.3 Å². The molecule has 1 aliphatic rings. The van der Waals surface area contributed by atoms with Crippen LogP contribution >= 0.6 is 15.9 Å². The van der Waals surface area contributed by atoms with Gasteiger partial charge in [0.25, 0.3) is 0 Å². The van der Waals surface area contributed by atoms with Crippen LogP contribution in [0.2, 0.25) is 0 Å². The van der Waals surface area contributed by atoms with Crippen LogP contribution in [0, 0.1) is 5.92 Å². The van der Waals surface area contributed by atoms with Crippen LogP contribution in [0.25, 0.3) is 5.65 Å². The first-order valence-corrected chi connectivity index (χ1v) is 6.95. The van der Waals surface area contributed by atoms with Crippen LogP contribution in [0.1, 0.15) is 18.5 Å². The summed E-state index contributed by atoms with van der Waals surface area (Å²) in [5, 5.41) is 3.40. The van der Waals surface area contributed by atoms with Crippen LogP contribution in [0.15, 0.2) is 29.0 Å². The summed E-state index contributed by atoms with van der Waals surface area (Å²) in [5.41, 5.74) is 2.24. The van der Waals surface area contributed by atoms with Gasteiger partial charge in [0.15, 0.2) is 5.65 Å². The van der Waals surface area contributed by atoms with Crippen molar-refractivity contribution in [2.75, 3.05) is 13.1 Å². The average molecular weight is 294 g/mol. The molecule has 0 radical (unpaired) electrons. The number of pyridine rings is 1. The molecule has 0 spiro atoms. The second-order valence-electron chi connectivity index (χ2n) is 4.72. The molecular formula is C13H16BrN3. The van der Waals surface area contributed by atoms with Crippen molar-refractivity contribution in [1.82, 2.24) is 14.7 Å². The van der Waals surface area contributed by atoms with Crippen LogP contribution in [0.4, 0.5) is 0 Å². The first-order chi connectivity index (χ1) is 8.33. The van der Waals surface area contributed by atoms with E-state index < -0.39 is 0 Å². The van der Waals surface area contributed by atoms with E-state index in [0.717, 1.165) is 35.5 Å². The Morgan fingerprint density at radius 2 is 2.24 bits per heavy atom. The number of hydrogen-bond acceptors (Lipinski definition) is 2. The minimum absolute atomic E-state index is 0.792. The predicted octanol–water partition coefficient (Wildman–Crippen LogP) is 2.64. The molecule has 0 saturated carbocycles. The van der Waals surface area contributed by atoms with E-state index >= 15 is 0 Å². The molecule has 0 unspecified atom stereocenters. The summed E-state index contributed by atoms with van der Waals surface area (Å²) >= 11 is 3.54. The van der Waals surface area contributed by atoms with E-state index in [1.165, 1.54) is 18.5 Å². The molecule has 3 nitrogen and oxygen atoms in total. The van der Waals surface area contributed by atoms with Crippen LogP contribution in [-0.2, 0) is 6.42 Å². The molecule has 1 saturated heterocycles. The zero-order valence-corrected chi connectivity index (χ0v) is 11.3. The van der Waals surface area contributed by atoms with E-state index in [1.54, 1.807) is 0 Å². The molecule has 90 valence electrons. The molecule has 3 heterocycles. The van der Waals surface area contributed by atoms with Gasteiger partial charge in [-0.05, 0) is 66.3 Å². The number of fused-ring (bicyclic) bond motifs is 1. The highest BCUT2D eigenvalue weighted by molar-refractivity contribution is 9.10. The summed E-state index contributed by atoms with van der Waals surface area (Å²) in [6.45, 7) is 2.31. The third kappa shape index (κ3) is 2.38. The molecule has 0 aromatic carbocycles. The van der Waals surface area contributed by atoms with Gasteiger partial charge in [0.05, 0.1) is 10.2 Å². The number of imidazole rings is 1. The lowest BCUT2D eigenvalue weighted by atomic mass is 9.93. The number of halogens is 1. The van der Waals surface area contributed by atoms with Crippen LogP contribution in [-0.4, -0.2) is 22.5 Å². The van der Waals surface area contributed by atoms with E-state index in [-0.39, 0.29) is 0 Å². The fourth-order valence-corrected chi connectivity index (χ4v) is 2.96. The molecule has 0 amide bonds. The topological polar surface area (TPSA) is 29.3 Å². The van der Waals surface area contributed by atoms with Crippen molar-refractivity contribution in [3.63, 3.8) is 0 Å². The van der Waals surface area contributed by atoms with Gasteiger partial charge in [0, 0.05) is 12.4 Å². The summed E-state index contributed by atoms with van der Waals surface area (Å²) < 4.78 is 3.16. The van der Waals surface area contributed by atoms with Crippen molar-refractivity contribution >= 4 is 21.6 Å². The number of piperidine rings is 1. The van der Waals surface area contributed by atoms with Crippen molar-refractivity contribution in [2.24, 2.45) is 5.92 Å². The molecule has 17 heavy (non-hydrogen) atoms. The minimum atomic E-state index is 0.792. The van der Waals surface area contributed by atoms with E-state index in [4.69, 9.17) is 4.98 Å². The Hall–Kier alpha value is -0.870. The van der Waals surface area contributed by atoms with Crippen molar-refractivity contribution in [3.05, 3.63) is 34.7 Å². The Bertz CT molecular complexity index is 514. The third-order valence-electron chi connectivity index (χ3n) is 3.44. The molecule has 4 heteroatoms. The first kappa shape index (κ1) is 11.2. The summed E-state index contributed by atoms with van der Waals surface area (Å²) in [5.74, 6) is 0.792. The number of aromatic nitrogens is 2. The lowest BCUT2D eigenvalue weighted by Crippen LogP contribution is -2.28. The molecule has 0 bridgehead atoms. The van der Waals surface area contributed by atoms with Gasteiger partial charge in [-0.25, -0.2) is 4.98 Å². The van der Waals surface area contributed by atoms with Crippen molar-refractivity contribution < 1.29 is 0 Å². The fourth-order valence-electron chi connectivity index (χ4n) is 2.51. The molecule has 0 aliphatic carbocycles. The molecular weight excluding hydrogens is 278 g/mol. The maximum Gasteiger partial charge on any atom is 0.151 e. The molecule has 3 rings (SSSR count). The Morgan fingerprint density at radius 3 is 3.00 bits per heavy atom. The second kappa shape index (κ2) is 4.78. The smallest absolute Gasteiger partial charge is 0.151 e. The SMILES string of the molecule is Brc1cccn2cc(CC3CCNCC3)nc12. The Kier molecular flexibility index (Phi) is 3.16. The quantitative estimate of drug-likeness (QED) is 0.922. The van der Waals surface area contributed by atoms with Gasteiger partial charge in [-0.2, -0.15) is 0 Å². The van der Waals surface area contributed by atoms with Crippen LogP contribution in [0.5, 0.6) is 0 Å². The lowest BCUT2D eigenvalue weighted by Gasteiger charge is -2.21. The maximum absolute atomic E-state index is 4.70. The zero-order chi connectivity index (χ0) is 11.7. The van der Waals surface area contributed by atoms with E-state index in [1.807, 2.05) is 12.1 Å². The highest BCUT2D eigenvalue weighted by atomic mass is 79.9. The van der Waals surface area contributed by atoms with Crippen molar-refractivity contribution in [3.8, 4) is 0 Å². The van der Waals surface area contributed by atoms with Gasteiger partial charge >= 0.3 is 0 Å². The van der Waals surface area contributed by atoms with E-state index in [2.05, 4.69) is 38.0 Å². The molecule has 1 fully saturated rings. The maximum atomic E-state index is 4.70. The standard InChI is InChI=1S/C13H16BrN3/c14-12-2-1-7-17-9-11(16-13(12)17)8-10-3-5-15-6-4-10/h1-2,7,9-10,15H,3-6,8H2. The lowest BCUT2D eigenvalue weighted by molar-refractivity contribution is 0.370. The highest BCUT2D eigenvalue weighted by Gasteiger charge is 2.15. The minimum Gasteiger partial charge on any atom is -0.317 e. The van der Waals surface area contributed by atoms with Crippen LogP contribution in [0.3, 0.4) is 0 Å². The van der Waals surface area contributed by atoms with Crippen molar-refractivity contribution in [1.29, 1.82) is 0 Å². The monoisotopic (exact) mass is 293 g/mol. The first-order valence-electron chi connectivity index (χ1n) is 6.16. The zero-order valence-electron chi connectivity index (χ0n) is 9.69. The highest BCUT2D eigenvalue weighted by Crippen LogP contribution is 2.21. The van der Waals surface area contributed by atoms with E-state index in [9.17, 15) is 0 Å². The predicted molar refractivity (Wildman–Crippen MR) is 72.2 cm³/mol. The molecule has 2 aromatic rings. The summed E-state index contributed by atoms with van der Waals surface area (Å²) in [4.78, 5) is 4.70. The summed E-state index contributed by atoms with van der Waals surface area (Å²) in [6.07, 6.45) is 7.86. The fraction of sp³-hybridized carbons (Fsp3) is 0.462. The molecule has 1 N–H and O–H groups in total.